The molecule has 0 aromatic rings. The lowest BCUT2D eigenvalue weighted by Crippen LogP contribution is -2.40. The average molecular weight is 281 g/mol. The van der Waals surface area contributed by atoms with Crippen molar-refractivity contribution in [1.82, 2.24) is 4.90 Å². The first-order valence-electron chi connectivity index (χ1n) is 7.20. The molecule has 4 nitrogen and oxygen atoms in total. The highest BCUT2D eigenvalue weighted by atomic mass is 16.7. The summed E-state index contributed by atoms with van der Waals surface area (Å²) < 4.78 is 10.4. The third-order valence-electron chi connectivity index (χ3n) is 4.15. The number of likely N-dealkylation sites (tertiary alicyclic amines) is 1. The maximum Gasteiger partial charge on any atom is 0.229 e. The number of nitrogens with zero attached hydrogens (tertiary/aromatic N) is 1. The molecule has 1 amide bonds. The molecule has 0 aliphatic carbocycles. The van der Waals surface area contributed by atoms with Crippen molar-refractivity contribution in [2.45, 2.75) is 38.4 Å². The summed E-state index contributed by atoms with van der Waals surface area (Å²) in [6.07, 6.45) is 7.79. The number of methoxy groups -OCH3 is 2. The van der Waals surface area contributed by atoms with E-state index in [4.69, 9.17) is 9.47 Å². The molecule has 0 bridgehead atoms. The Labute approximate surface area is 122 Å². The number of amides is 1. The lowest BCUT2D eigenvalue weighted by molar-refractivity contribution is -0.147. The van der Waals surface area contributed by atoms with Gasteiger partial charge >= 0.3 is 0 Å². The van der Waals surface area contributed by atoms with E-state index < -0.39 is 0 Å². The summed E-state index contributed by atoms with van der Waals surface area (Å²) in [7, 11) is 3.19. The lowest BCUT2D eigenvalue weighted by Gasteiger charge is -2.28. The van der Waals surface area contributed by atoms with Crippen LogP contribution in [0.25, 0.3) is 0 Å². The van der Waals surface area contributed by atoms with Crippen molar-refractivity contribution < 1.29 is 14.3 Å². The Morgan fingerprint density at radius 1 is 1.25 bits per heavy atom. The molecular formula is C16H27NO3. The summed E-state index contributed by atoms with van der Waals surface area (Å²) in [5.41, 5.74) is -0.256. The molecule has 1 aliphatic rings. The second-order valence-electron chi connectivity index (χ2n) is 5.34. The number of ether oxygens (including phenoxy) is 2. The summed E-state index contributed by atoms with van der Waals surface area (Å²) in [6.45, 7) is 8.80. The van der Waals surface area contributed by atoms with Gasteiger partial charge in [0.2, 0.25) is 5.91 Å². The molecule has 0 aromatic carbocycles. The second-order valence-corrected chi connectivity index (χ2v) is 5.34. The molecule has 1 saturated heterocycles. The Morgan fingerprint density at radius 3 is 2.25 bits per heavy atom. The molecule has 0 unspecified atom stereocenters. The van der Waals surface area contributed by atoms with E-state index in [-0.39, 0.29) is 17.6 Å². The highest BCUT2D eigenvalue weighted by molar-refractivity contribution is 5.84. The van der Waals surface area contributed by atoms with Gasteiger partial charge in [0.05, 0.1) is 12.0 Å². The standard InChI is InChI=1S/C16H27NO3/c1-5-7-9-16(10-8-6-2)11-12-17(15(16)18)13-14(19-3)20-4/h5-6,14H,1-2,7-13H2,3-4H3. The fraction of sp³-hybridized carbons (Fsp3) is 0.688. The number of allylic oxidation sites excluding steroid dienone is 2. The molecule has 1 heterocycles. The van der Waals surface area contributed by atoms with Gasteiger partial charge < -0.3 is 14.4 Å². The predicted molar refractivity (Wildman–Crippen MR) is 80.3 cm³/mol. The smallest absolute Gasteiger partial charge is 0.229 e. The average Bonchev–Trinajstić information content (AvgIpc) is 2.78. The molecule has 0 N–H and O–H groups in total. The Balaban J connectivity index is 2.74. The van der Waals surface area contributed by atoms with Gasteiger partial charge in [-0.05, 0) is 32.1 Å². The molecule has 0 saturated carbocycles. The van der Waals surface area contributed by atoms with Gasteiger partial charge in [-0.3, -0.25) is 4.79 Å². The van der Waals surface area contributed by atoms with Gasteiger partial charge in [-0.15, -0.1) is 13.2 Å². The second kappa shape index (κ2) is 8.22. The molecule has 1 fully saturated rings. The zero-order valence-corrected chi connectivity index (χ0v) is 12.8. The minimum absolute atomic E-state index is 0.223. The van der Waals surface area contributed by atoms with Crippen LogP contribution in [0.5, 0.6) is 0 Å². The van der Waals surface area contributed by atoms with Crippen LogP contribution in [0.2, 0.25) is 0 Å². The quantitative estimate of drug-likeness (QED) is 0.456. The minimum Gasteiger partial charge on any atom is -0.354 e. The Morgan fingerprint density at radius 2 is 1.80 bits per heavy atom. The first-order valence-corrected chi connectivity index (χ1v) is 7.20. The van der Waals surface area contributed by atoms with E-state index in [2.05, 4.69) is 13.2 Å². The molecule has 20 heavy (non-hydrogen) atoms. The fourth-order valence-corrected chi connectivity index (χ4v) is 2.84. The summed E-state index contributed by atoms with van der Waals surface area (Å²) >= 11 is 0. The summed E-state index contributed by atoms with van der Waals surface area (Å²) in [5, 5.41) is 0. The van der Waals surface area contributed by atoms with E-state index in [1.165, 1.54) is 0 Å². The predicted octanol–water partition coefficient (Wildman–Crippen LogP) is 2.76. The molecule has 1 aliphatic heterocycles. The Kier molecular flexibility index (Phi) is 6.96. The number of carbonyl (C=O) groups excluding carboxylic acids is 1. The van der Waals surface area contributed by atoms with Crippen LogP contribution in [-0.4, -0.2) is 44.4 Å². The molecule has 0 aromatic heterocycles. The van der Waals surface area contributed by atoms with Gasteiger partial charge in [0.15, 0.2) is 6.29 Å². The lowest BCUT2D eigenvalue weighted by atomic mass is 9.77. The fourth-order valence-electron chi connectivity index (χ4n) is 2.84. The molecule has 1 rings (SSSR count). The third kappa shape index (κ3) is 3.93. The van der Waals surface area contributed by atoms with Crippen molar-refractivity contribution >= 4 is 5.91 Å². The maximum absolute atomic E-state index is 12.8. The zero-order valence-electron chi connectivity index (χ0n) is 12.8. The van der Waals surface area contributed by atoms with Gasteiger partial charge in [-0.2, -0.15) is 0 Å². The van der Waals surface area contributed by atoms with Crippen molar-refractivity contribution in [3.8, 4) is 0 Å². The van der Waals surface area contributed by atoms with Crippen molar-refractivity contribution in [2.24, 2.45) is 5.41 Å². The van der Waals surface area contributed by atoms with E-state index in [1.807, 2.05) is 17.1 Å². The van der Waals surface area contributed by atoms with Crippen molar-refractivity contribution in [3.05, 3.63) is 25.3 Å². The normalized spacial score (nSPS) is 17.8. The van der Waals surface area contributed by atoms with Crippen LogP contribution in [0.1, 0.15) is 32.1 Å². The highest BCUT2D eigenvalue weighted by Crippen LogP contribution is 2.41. The number of hydrogen-bond acceptors (Lipinski definition) is 3. The first kappa shape index (κ1) is 16.9. The number of rotatable bonds is 10. The maximum atomic E-state index is 12.8. The SMILES string of the molecule is C=CCCC1(CCC=C)CCN(CC(OC)OC)C1=O. The van der Waals surface area contributed by atoms with E-state index in [1.54, 1.807) is 14.2 Å². The van der Waals surface area contributed by atoms with Crippen LogP contribution in [0.15, 0.2) is 25.3 Å². The Hall–Kier alpha value is -1.13. The van der Waals surface area contributed by atoms with Gasteiger partial charge in [-0.1, -0.05) is 12.2 Å². The summed E-state index contributed by atoms with van der Waals surface area (Å²) in [5.74, 6) is 0.223. The van der Waals surface area contributed by atoms with E-state index in [0.29, 0.717) is 6.54 Å². The first-order chi connectivity index (χ1) is 9.63. The van der Waals surface area contributed by atoms with Gasteiger partial charge in [0.25, 0.3) is 0 Å². The molecule has 0 atom stereocenters. The number of carbonyl (C=O) groups is 1. The van der Waals surface area contributed by atoms with Crippen LogP contribution < -0.4 is 0 Å². The topological polar surface area (TPSA) is 38.8 Å². The minimum atomic E-state index is -0.353. The van der Waals surface area contributed by atoms with E-state index in [0.717, 1.165) is 38.6 Å². The molecule has 0 radical (unpaired) electrons. The van der Waals surface area contributed by atoms with E-state index >= 15 is 0 Å². The van der Waals surface area contributed by atoms with Crippen LogP contribution in [0.3, 0.4) is 0 Å². The van der Waals surface area contributed by atoms with Crippen molar-refractivity contribution in [3.63, 3.8) is 0 Å². The Bertz CT molecular complexity index is 325. The van der Waals surface area contributed by atoms with Crippen molar-refractivity contribution in [2.75, 3.05) is 27.3 Å². The summed E-state index contributed by atoms with van der Waals surface area (Å²) in [6, 6.07) is 0. The summed E-state index contributed by atoms with van der Waals surface area (Å²) in [4.78, 5) is 14.6. The van der Waals surface area contributed by atoms with Crippen LogP contribution in [-0.2, 0) is 14.3 Å². The number of hydrogen-bond donors (Lipinski definition) is 0. The molecule has 4 heteroatoms. The highest BCUT2D eigenvalue weighted by Gasteiger charge is 2.45. The largest absolute Gasteiger partial charge is 0.354 e. The van der Waals surface area contributed by atoms with Crippen LogP contribution in [0, 0.1) is 5.41 Å². The van der Waals surface area contributed by atoms with Crippen LogP contribution >= 0.6 is 0 Å². The molecule has 114 valence electrons. The van der Waals surface area contributed by atoms with Gasteiger partial charge in [0, 0.05) is 20.8 Å². The van der Waals surface area contributed by atoms with Gasteiger partial charge in [-0.25, -0.2) is 0 Å². The van der Waals surface area contributed by atoms with Crippen molar-refractivity contribution in [1.29, 1.82) is 0 Å². The zero-order chi connectivity index (χ0) is 15.0. The molecular weight excluding hydrogens is 254 g/mol. The van der Waals surface area contributed by atoms with Gasteiger partial charge in [0.1, 0.15) is 0 Å². The monoisotopic (exact) mass is 281 g/mol. The third-order valence-corrected chi connectivity index (χ3v) is 4.15. The van der Waals surface area contributed by atoms with Crippen LogP contribution in [0.4, 0.5) is 0 Å². The molecule has 0 spiro atoms. The van der Waals surface area contributed by atoms with E-state index in [9.17, 15) is 4.79 Å².